The van der Waals surface area contributed by atoms with Gasteiger partial charge in [-0.05, 0) is 43.2 Å². The van der Waals surface area contributed by atoms with E-state index in [2.05, 4.69) is 17.2 Å². The fourth-order valence-electron chi connectivity index (χ4n) is 3.86. The summed E-state index contributed by atoms with van der Waals surface area (Å²) in [4.78, 5) is 42.3. The van der Waals surface area contributed by atoms with Crippen LogP contribution in [0.15, 0.2) is 47.3 Å². The van der Waals surface area contributed by atoms with Crippen LogP contribution in [0, 0.1) is 0 Å². The normalized spacial score (nSPS) is 13.0. The first-order valence-electron chi connectivity index (χ1n) is 11.8. The molecule has 3 aromatic rings. The number of ether oxygens (including phenoxy) is 3. The molecule has 1 aliphatic heterocycles. The Morgan fingerprint density at radius 3 is 2.80 bits per heavy atom. The van der Waals surface area contributed by atoms with Crippen LogP contribution < -0.4 is 20.3 Å². The van der Waals surface area contributed by atoms with E-state index < -0.39 is 18.0 Å². The number of hydrogen-bond donors (Lipinski definition) is 1. The van der Waals surface area contributed by atoms with Crippen molar-refractivity contribution in [3.8, 4) is 11.5 Å². The molecule has 1 N–H and O–H groups in total. The number of unbranched alkanes of at least 4 members (excludes halogenated alkanes) is 1. The summed E-state index contributed by atoms with van der Waals surface area (Å²) in [6, 6.07) is 12.9. The van der Waals surface area contributed by atoms with E-state index in [9.17, 15) is 14.4 Å². The zero-order valence-corrected chi connectivity index (χ0v) is 19.9. The van der Waals surface area contributed by atoms with Crippen molar-refractivity contribution in [2.24, 2.45) is 0 Å². The highest BCUT2D eigenvalue weighted by atomic mass is 16.7. The number of hydrogen-bond acceptors (Lipinski definition) is 7. The lowest BCUT2D eigenvalue weighted by Crippen LogP contribution is -2.35. The number of aryl methyl sites for hydroxylation is 2. The monoisotopic (exact) mass is 479 g/mol. The average molecular weight is 480 g/mol. The van der Waals surface area contributed by atoms with Gasteiger partial charge in [0.2, 0.25) is 6.79 Å². The first-order chi connectivity index (χ1) is 17.0. The van der Waals surface area contributed by atoms with Gasteiger partial charge in [-0.1, -0.05) is 31.5 Å². The van der Waals surface area contributed by atoms with Crippen LogP contribution in [0.5, 0.6) is 11.5 Å². The molecule has 35 heavy (non-hydrogen) atoms. The molecule has 0 radical (unpaired) electrons. The predicted molar refractivity (Wildman–Crippen MR) is 129 cm³/mol. The Bertz CT molecular complexity index is 1290. The summed E-state index contributed by atoms with van der Waals surface area (Å²) in [5.41, 5.74) is 2.45. The van der Waals surface area contributed by atoms with E-state index in [1.807, 2.05) is 30.3 Å². The van der Waals surface area contributed by atoms with Crippen molar-refractivity contribution in [3.05, 3.63) is 64.1 Å². The van der Waals surface area contributed by atoms with Crippen LogP contribution >= 0.6 is 0 Å². The van der Waals surface area contributed by atoms with Gasteiger partial charge in [-0.3, -0.25) is 14.4 Å². The number of benzene rings is 2. The van der Waals surface area contributed by atoms with Gasteiger partial charge in [0, 0.05) is 19.5 Å². The number of carbonyl (C=O) groups is 2. The van der Waals surface area contributed by atoms with Crippen molar-refractivity contribution >= 4 is 22.9 Å². The van der Waals surface area contributed by atoms with Gasteiger partial charge < -0.3 is 24.1 Å². The molecule has 0 fully saturated rings. The fourth-order valence-corrected chi connectivity index (χ4v) is 3.86. The first-order valence-corrected chi connectivity index (χ1v) is 11.8. The molecule has 184 valence electrons. The van der Waals surface area contributed by atoms with Crippen molar-refractivity contribution in [1.82, 2.24) is 14.9 Å². The van der Waals surface area contributed by atoms with Crippen LogP contribution in [0.3, 0.4) is 0 Å². The molecular weight excluding hydrogens is 450 g/mol. The van der Waals surface area contributed by atoms with Crippen LogP contribution in [0.4, 0.5) is 0 Å². The SMILES string of the molecule is CCCCn1c(=O)c(CCC(=O)OC(C)C(=O)NCc2ccc3c(c2)OCO3)nc2ccccc21. The third-order valence-corrected chi connectivity index (χ3v) is 5.80. The average Bonchev–Trinajstić information content (AvgIpc) is 3.33. The number of amides is 1. The van der Waals surface area contributed by atoms with Gasteiger partial charge in [0.05, 0.1) is 17.5 Å². The van der Waals surface area contributed by atoms with Crippen LogP contribution in [-0.2, 0) is 33.8 Å². The molecule has 9 nitrogen and oxygen atoms in total. The summed E-state index contributed by atoms with van der Waals surface area (Å²) in [5, 5.41) is 2.75. The van der Waals surface area contributed by atoms with Gasteiger partial charge in [-0.2, -0.15) is 0 Å². The summed E-state index contributed by atoms with van der Waals surface area (Å²) >= 11 is 0. The number of fused-ring (bicyclic) bond motifs is 2. The molecule has 9 heteroatoms. The van der Waals surface area contributed by atoms with E-state index in [0.29, 0.717) is 29.3 Å². The second-order valence-electron chi connectivity index (χ2n) is 8.40. The van der Waals surface area contributed by atoms with E-state index >= 15 is 0 Å². The van der Waals surface area contributed by atoms with Gasteiger partial charge in [0.1, 0.15) is 5.69 Å². The molecule has 0 saturated heterocycles. The molecule has 1 aromatic heterocycles. The topological polar surface area (TPSA) is 109 Å². The minimum absolute atomic E-state index is 0.0475. The van der Waals surface area contributed by atoms with Gasteiger partial charge in [-0.15, -0.1) is 0 Å². The fraction of sp³-hybridized carbons (Fsp3) is 0.385. The van der Waals surface area contributed by atoms with Crippen molar-refractivity contribution in [1.29, 1.82) is 0 Å². The predicted octanol–water partition coefficient (Wildman–Crippen LogP) is 3.11. The van der Waals surface area contributed by atoms with Crippen molar-refractivity contribution in [2.45, 2.75) is 58.7 Å². The van der Waals surface area contributed by atoms with E-state index in [1.165, 1.54) is 6.92 Å². The second-order valence-corrected chi connectivity index (χ2v) is 8.40. The Balaban J connectivity index is 1.32. The summed E-state index contributed by atoms with van der Waals surface area (Å²) in [7, 11) is 0. The molecule has 2 aromatic carbocycles. The van der Waals surface area contributed by atoms with E-state index in [0.717, 1.165) is 23.9 Å². The Kier molecular flexibility index (Phi) is 7.64. The van der Waals surface area contributed by atoms with E-state index in [1.54, 1.807) is 16.7 Å². The molecular formula is C26H29N3O6. The first kappa shape index (κ1) is 24.3. The van der Waals surface area contributed by atoms with E-state index in [-0.39, 0.29) is 31.7 Å². The molecule has 2 heterocycles. The standard InChI is InChI=1S/C26H29N3O6/c1-3-4-13-29-21-8-6-5-7-19(21)28-20(26(29)32)10-12-24(30)35-17(2)25(31)27-15-18-9-11-22-23(14-18)34-16-33-22/h5-9,11,14,17H,3-4,10,12-13,15-16H2,1-2H3,(H,27,31). The van der Waals surface area contributed by atoms with Gasteiger partial charge in [0.25, 0.3) is 11.5 Å². The van der Waals surface area contributed by atoms with Gasteiger partial charge >= 0.3 is 5.97 Å². The maximum Gasteiger partial charge on any atom is 0.306 e. The van der Waals surface area contributed by atoms with E-state index in [4.69, 9.17) is 14.2 Å². The lowest BCUT2D eigenvalue weighted by molar-refractivity contribution is -0.154. The van der Waals surface area contributed by atoms with Crippen LogP contribution in [0.1, 0.15) is 44.4 Å². The van der Waals surface area contributed by atoms with Crippen molar-refractivity contribution < 1.29 is 23.8 Å². The number of aromatic nitrogens is 2. The zero-order valence-electron chi connectivity index (χ0n) is 19.9. The highest BCUT2D eigenvalue weighted by Gasteiger charge is 2.20. The van der Waals surface area contributed by atoms with Crippen LogP contribution in [-0.4, -0.2) is 34.3 Å². The summed E-state index contributed by atoms with van der Waals surface area (Å²) < 4.78 is 17.6. The molecule has 0 aliphatic carbocycles. The molecule has 1 aliphatic rings. The van der Waals surface area contributed by atoms with Crippen LogP contribution in [0.2, 0.25) is 0 Å². The summed E-state index contributed by atoms with van der Waals surface area (Å²) in [6.07, 6.45) is 0.948. The highest BCUT2D eigenvalue weighted by molar-refractivity contribution is 5.83. The van der Waals surface area contributed by atoms with Gasteiger partial charge in [-0.25, -0.2) is 4.98 Å². The molecule has 1 atom stereocenters. The number of esters is 1. The largest absolute Gasteiger partial charge is 0.454 e. The maximum atomic E-state index is 13.0. The number of nitrogens with one attached hydrogen (secondary N) is 1. The zero-order chi connectivity index (χ0) is 24.8. The number of para-hydroxylation sites is 2. The van der Waals surface area contributed by atoms with Gasteiger partial charge in [0.15, 0.2) is 17.6 Å². The maximum absolute atomic E-state index is 13.0. The van der Waals surface area contributed by atoms with Crippen molar-refractivity contribution in [2.75, 3.05) is 6.79 Å². The molecule has 0 bridgehead atoms. The quantitative estimate of drug-likeness (QED) is 0.445. The minimum Gasteiger partial charge on any atom is -0.454 e. The lowest BCUT2D eigenvalue weighted by Gasteiger charge is -2.14. The molecule has 4 rings (SSSR count). The number of nitrogens with zero attached hydrogens (tertiary/aromatic N) is 2. The third-order valence-electron chi connectivity index (χ3n) is 5.80. The third kappa shape index (κ3) is 5.79. The molecule has 1 unspecified atom stereocenters. The lowest BCUT2D eigenvalue weighted by atomic mass is 10.2. The number of rotatable bonds is 10. The Morgan fingerprint density at radius 2 is 1.97 bits per heavy atom. The minimum atomic E-state index is -0.970. The summed E-state index contributed by atoms with van der Waals surface area (Å²) in [5.74, 6) is 0.319. The highest BCUT2D eigenvalue weighted by Crippen LogP contribution is 2.32. The Morgan fingerprint density at radius 1 is 1.17 bits per heavy atom. The second kappa shape index (κ2) is 11.0. The Labute approximate surface area is 203 Å². The Hall–Kier alpha value is -3.88. The summed E-state index contributed by atoms with van der Waals surface area (Å²) in [6.45, 7) is 4.61. The molecule has 0 spiro atoms. The molecule has 1 amide bonds. The van der Waals surface area contributed by atoms with Crippen LogP contribution in [0.25, 0.3) is 11.0 Å². The number of carbonyl (C=O) groups excluding carboxylic acids is 2. The molecule has 0 saturated carbocycles. The van der Waals surface area contributed by atoms with Crippen molar-refractivity contribution in [3.63, 3.8) is 0 Å². The smallest absolute Gasteiger partial charge is 0.306 e.